The lowest BCUT2D eigenvalue weighted by atomic mass is 9.56. The van der Waals surface area contributed by atoms with Gasteiger partial charge in [-0.2, -0.15) is 0 Å². The van der Waals surface area contributed by atoms with Crippen LogP contribution in [-0.2, 0) is 0 Å². The molecule has 0 saturated heterocycles. The number of para-hydroxylation sites is 1. The van der Waals surface area contributed by atoms with Crippen LogP contribution in [0.3, 0.4) is 0 Å². The van der Waals surface area contributed by atoms with E-state index in [4.69, 9.17) is 0 Å². The number of anilines is 1. The molecule has 1 aliphatic carbocycles. The summed E-state index contributed by atoms with van der Waals surface area (Å²) in [6, 6.07) is 6.90. The van der Waals surface area contributed by atoms with Gasteiger partial charge in [0.1, 0.15) is 0 Å². The fraction of sp³-hybridized carbons (Fsp3) is 0.930. The van der Waals surface area contributed by atoms with Crippen molar-refractivity contribution >= 4 is 5.69 Å². The third-order valence-corrected chi connectivity index (χ3v) is 20.7. The Bertz CT molecular complexity index is 1590. The first-order valence-electron chi connectivity index (χ1n) is 36.2. The molecular formula is C86H185N. The van der Waals surface area contributed by atoms with Gasteiger partial charge in [0.2, 0.25) is 0 Å². The normalized spacial score (nSPS) is 14.1. The van der Waals surface area contributed by atoms with Crippen molar-refractivity contribution in [1.82, 2.24) is 0 Å². The fourth-order valence-corrected chi connectivity index (χ4v) is 9.70. The van der Waals surface area contributed by atoms with Gasteiger partial charge in [0.15, 0.2) is 0 Å². The largest absolute Gasteiger partial charge is 0.369 e. The lowest BCUT2D eigenvalue weighted by Crippen LogP contribution is -2.46. The Morgan fingerprint density at radius 1 is 0.391 bits per heavy atom. The van der Waals surface area contributed by atoms with Crippen LogP contribution in [-0.4, -0.2) is 12.6 Å². The van der Waals surface area contributed by atoms with E-state index in [1.807, 2.05) is 0 Å². The van der Waals surface area contributed by atoms with Crippen LogP contribution in [0.5, 0.6) is 0 Å². The predicted octanol–water partition coefficient (Wildman–Crippen LogP) is 32.6. The highest BCUT2D eigenvalue weighted by Gasteiger charge is 2.42. The monoisotopic (exact) mass is 1230 g/mol. The smallest absolute Gasteiger partial charge is 0.0438 e. The molecule has 0 aromatic heterocycles. The van der Waals surface area contributed by atoms with Crippen molar-refractivity contribution in [1.29, 1.82) is 0 Å². The predicted molar refractivity (Wildman–Crippen MR) is 420 cm³/mol. The molecule has 1 aliphatic rings. The molecule has 0 N–H and O–H groups in total. The summed E-state index contributed by atoms with van der Waals surface area (Å²) >= 11 is 0. The van der Waals surface area contributed by atoms with Crippen LogP contribution in [0.1, 0.15) is 459 Å². The Morgan fingerprint density at radius 3 is 0.770 bits per heavy atom. The van der Waals surface area contributed by atoms with Crippen LogP contribution < -0.4 is 4.90 Å². The van der Waals surface area contributed by atoms with Crippen LogP contribution in [0.2, 0.25) is 0 Å². The summed E-state index contributed by atoms with van der Waals surface area (Å²) in [5.41, 5.74) is 10.5. The van der Waals surface area contributed by atoms with Gasteiger partial charge in [0, 0.05) is 18.3 Å². The molecular weight excluding hydrogens is 1050 g/mol. The Labute approximate surface area is 561 Å². The van der Waals surface area contributed by atoms with Crippen molar-refractivity contribution in [3.8, 4) is 0 Å². The molecule has 0 heterocycles. The molecule has 1 heteroatoms. The van der Waals surface area contributed by atoms with E-state index in [0.29, 0.717) is 82.4 Å². The first-order chi connectivity index (χ1) is 37.4. The van der Waals surface area contributed by atoms with Crippen molar-refractivity contribution in [3.05, 3.63) is 29.3 Å². The van der Waals surface area contributed by atoms with Gasteiger partial charge in [-0.15, -0.1) is 0 Å². The molecule has 1 nitrogen and oxygen atoms in total. The minimum Gasteiger partial charge on any atom is -0.369 e. The Hall–Kier alpha value is -0.980. The van der Waals surface area contributed by atoms with E-state index in [-0.39, 0.29) is 14.9 Å². The van der Waals surface area contributed by atoms with Crippen molar-refractivity contribution < 1.29 is 0 Å². The molecule has 1 aromatic rings. The molecule has 0 amide bonds. The second-order valence-electron chi connectivity index (χ2n) is 39.0. The van der Waals surface area contributed by atoms with Gasteiger partial charge in [-0.25, -0.2) is 0 Å². The maximum Gasteiger partial charge on any atom is 0.0438 e. The minimum absolute atomic E-state index is 0. The summed E-state index contributed by atoms with van der Waals surface area (Å²) in [5, 5.41) is 0. The summed E-state index contributed by atoms with van der Waals surface area (Å²) in [4.78, 5) is 2.62. The number of nitrogens with zero attached hydrogens (tertiary/aromatic N) is 1. The summed E-state index contributed by atoms with van der Waals surface area (Å²) in [6.45, 7) is 103. The van der Waals surface area contributed by atoms with Gasteiger partial charge in [-0.3, -0.25) is 0 Å². The standard InChI is InChI=1S/C20H33N.C11H24.3C9H20.3C7H16.C5H12.2CH4/c1-15(2)17-11-10-12-18(16(3)4)19(17)21(6)20(5)13-8-7-9-14-20;1-9(2,3)11(7,8)10(4,5)6;1-8(2,3)7-9(4,5)6;2*1-7-9(5,6)8(2,3)4;2*1-5-6-7(2,3)4;1-5-7(3,4)6-2;1-3-5-4-2;;/h10-12,15-16H,7-9,13-14H2,1-6H3;1-8H3;3*7H2,1-6H3;3*5-6H2,1-4H3;3-5H2,1-2H3;2*1H4. The summed E-state index contributed by atoms with van der Waals surface area (Å²) in [7, 11) is 2.33. The SMILES string of the molecule is C.C.CC(C)(C)C(C)(C)C(C)(C)C.CC(C)(C)CC(C)(C)C.CC(C)c1cccc(C(C)C)c1N(C)C1(C)CCCCC1.CCC(C)(C)C(C)(C)C.CCC(C)(C)C(C)(C)C.CCC(C)(C)CC.CCCC(C)(C)C.CCCC(C)(C)C.CCCCC. The van der Waals surface area contributed by atoms with Crippen molar-refractivity contribution in [2.75, 3.05) is 11.9 Å². The fourth-order valence-electron chi connectivity index (χ4n) is 9.70. The number of hydrogen-bond acceptors (Lipinski definition) is 1. The average Bonchev–Trinajstić information content (AvgIpc) is 3.29. The molecule has 1 aromatic carbocycles. The maximum atomic E-state index is 2.62. The third kappa shape index (κ3) is 53.1. The Morgan fingerprint density at radius 2 is 0.667 bits per heavy atom. The molecule has 0 bridgehead atoms. The molecule has 1 saturated carbocycles. The summed E-state index contributed by atoms with van der Waals surface area (Å²) in [6.07, 6.45) is 22.6. The second kappa shape index (κ2) is 45.4. The number of benzene rings is 1. The number of hydrogen-bond donors (Lipinski definition) is 0. The topological polar surface area (TPSA) is 3.24 Å². The minimum atomic E-state index is 0. The average molecular weight is 1230 g/mol. The van der Waals surface area contributed by atoms with Crippen LogP contribution in [0.25, 0.3) is 0 Å². The van der Waals surface area contributed by atoms with Crippen molar-refractivity contribution in [2.45, 2.75) is 453 Å². The molecule has 534 valence electrons. The van der Waals surface area contributed by atoms with E-state index in [0.717, 1.165) is 0 Å². The van der Waals surface area contributed by atoms with E-state index < -0.39 is 0 Å². The van der Waals surface area contributed by atoms with Crippen LogP contribution in [0.15, 0.2) is 18.2 Å². The van der Waals surface area contributed by atoms with Gasteiger partial charge < -0.3 is 4.90 Å². The molecule has 0 radical (unpaired) electrons. The van der Waals surface area contributed by atoms with E-state index in [1.165, 1.54) is 126 Å². The van der Waals surface area contributed by atoms with Crippen molar-refractivity contribution in [2.24, 2.45) is 65.0 Å². The molecule has 2 rings (SSSR count). The highest BCUT2D eigenvalue weighted by molar-refractivity contribution is 5.63. The van der Waals surface area contributed by atoms with E-state index in [1.54, 1.807) is 0 Å². The zero-order chi connectivity index (χ0) is 70.1. The quantitative estimate of drug-likeness (QED) is 0.202. The Kier molecular flexibility index (Phi) is 54.7. The van der Waals surface area contributed by atoms with E-state index >= 15 is 0 Å². The highest BCUT2D eigenvalue weighted by atomic mass is 15.2. The Balaban J connectivity index is -0.000000117. The molecule has 87 heavy (non-hydrogen) atoms. The highest BCUT2D eigenvalue weighted by Crippen LogP contribution is 2.51. The molecule has 0 atom stereocenters. The lowest BCUT2D eigenvalue weighted by Gasteiger charge is -2.49. The third-order valence-electron chi connectivity index (χ3n) is 20.7. The second-order valence-corrected chi connectivity index (χ2v) is 39.0. The zero-order valence-electron chi connectivity index (χ0n) is 69.4. The molecule has 0 spiro atoms. The molecule has 0 unspecified atom stereocenters. The summed E-state index contributed by atoms with van der Waals surface area (Å²) < 4.78 is 0. The number of rotatable bonds is 12. The van der Waals surface area contributed by atoms with Gasteiger partial charge >= 0.3 is 0 Å². The van der Waals surface area contributed by atoms with Gasteiger partial charge in [0.25, 0.3) is 0 Å². The lowest BCUT2D eigenvalue weighted by molar-refractivity contribution is 0.00575. The van der Waals surface area contributed by atoms with E-state index in [9.17, 15) is 0 Å². The van der Waals surface area contributed by atoms with Gasteiger partial charge in [0.05, 0.1) is 0 Å². The summed E-state index contributed by atoms with van der Waals surface area (Å²) in [5.74, 6) is 1.15. The van der Waals surface area contributed by atoms with Crippen molar-refractivity contribution in [3.63, 3.8) is 0 Å². The number of unbranched alkanes of at least 4 members (excludes halogenated alkanes) is 2. The van der Waals surface area contributed by atoms with Gasteiger partial charge in [-0.1, -0.05) is 415 Å². The first-order valence-corrected chi connectivity index (χ1v) is 36.2. The van der Waals surface area contributed by atoms with E-state index in [2.05, 4.69) is 342 Å². The first kappa shape index (κ1) is 105. The molecule has 1 fully saturated rings. The van der Waals surface area contributed by atoms with Crippen LogP contribution >= 0.6 is 0 Å². The van der Waals surface area contributed by atoms with Gasteiger partial charge in [-0.05, 0) is 127 Å². The zero-order valence-corrected chi connectivity index (χ0v) is 69.4. The van der Waals surface area contributed by atoms with Crippen LogP contribution in [0.4, 0.5) is 5.69 Å². The van der Waals surface area contributed by atoms with Crippen LogP contribution in [0, 0.1) is 65.0 Å². The maximum absolute atomic E-state index is 2.62. The molecule has 0 aliphatic heterocycles.